The molecule has 0 fully saturated rings. The first-order chi connectivity index (χ1) is 12.0. The molecule has 25 heavy (non-hydrogen) atoms. The van der Waals surface area contributed by atoms with E-state index in [1.54, 1.807) is 14.2 Å². The van der Waals surface area contributed by atoms with Crippen LogP contribution < -0.4 is 14.4 Å². The van der Waals surface area contributed by atoms with Crippen molar-refractivity contribution in [2.75, 3.05) is 25.7 Å². The third-order valence-corrected chi connectivity index (χ3v) is 4.76. The van der Waals surface area contributed by atoms with Gasteiger partial charge in [-0.1, -0.05) is 17.7 Å². The van der Waals surface area contributed by atoms with Crippen molar-refractivity contribution in [2.45, 2.75) is 26.2 Å². The van der Waals surface area contributed by atoms with E-state index in [9.17, 15) is 4.79 Å². The van der Waals surface area contributed by atoms with Crippen molar-refractivity contribution in [3.05, 3.63) is 52.0 Å². The zero-order chi connectivity index (χ0) is 18.0. The van der Waals surface area contributed by atoms with Crippen LogP contribution in [0.3, 0.4) is 0 Å². The summed E-state index contributed by atoms with van der Waals surface area (Å²) in [7, 11) is 3.19. The quantitative estimate of drug-likeness (QED) is 0.821. The topological polar surface area (TPSA) is 38.8 Å². The van der Waals surface area contributed by atoms with Gasteiger partial charge < -0.3 is 14.4 Å². The van der Waals surface area contributed by atoms with Gasteiger partial charge in [0.25, 0.3) is 0 Å². The maximum atomic E-state index is 12.9. The molecule has 0 unspecified atom stereocenters. The number of carbonyl (C=O) groups is 1. The predicted molar refractivity (Wildman–Crippen MR) is 100 cm³/mol. The van der Waals surface area contributed by atoms with Gasteiger partial charge in [0.1, 0.15) is 0 Å². The second-order valence-electron chi connectivity index (χ2n) is 6.25. The summed E-state index contributed by atoms with van der Waals surface area (Å²) in [5, 5.41) is 0.727. The van der Waals surface area contributed by atoms with Gasteiger partial charge in [-0.2, -0.15) is 0 Å². The molecule has 0 atom stereocenters. The highest BCUT2D eigenvalue weighted by Gasteiger charge is 2.25. The maximum Gasteiger partial charge on any atom is 0.231 e. The van der Waals surface area contributed by atoms with Gasteiger partial charge in [-0.3, -0.25) is 4.79 Å². The molecule has 4 nitrogen and oxygen atoms in total. The summed E-state index contributed by atoms with van der Waals surface area (Å²) in [6.45, 7) is 2.74. The number of hydrogen-bond donors (Lipinski definition) is 0. The van der Waals surface area contributed by atoms with Crippen LogP contribution in [0.25, 0.3) is 0 Å². The molecule has 1 heterocycles. The van der Waals surface area contributed by atoms with Crippen LogP contribution in [0.1, 0.15) is 23.1 Å². The Morgan fingerprint density at radius 1 is 1.16 bits per heavy atom. The lowest BCUT2D eigenvalue weighted by Crippen LogP contribution is -2.37. The van der Waals surface area contributed by atoms with Crippen LogP contribution in [0.5, 0.6) is 11.5 Å². The fourth-order valence-corrected chi connectivity index (χ4v) is 3.73. The lowest BCUT2D eigenvalue weighted by Gasteiger charge is -2.31. The molecule has 1 amide bonds. The molecule has 0 aromatic heterocycles. The third kappa shape index (κ3) is 3.59. The van der Waals surface area contributed by atoms with Gasteiger partial charge >= 0.3 is 0 Å². The summed E-state index contributed by atoms with van der Waals surface area (Å²) in [6.07, 6.45) is 2.23. The van der Waals surface area contributed by atoms with Crippen molar-refractivity contribution in [1.29, 1.82) is 0 Å². The maximum absolute atomic E-state index is 12.9. The van der Waals surface area contributed by atoms with Gasteiger partial charge in [0.05, 0.1) is 20.6 Å². The molecule has 0 spiro atoms. The van der Waals surface area contributed by atoms with Crippen LogP contribution in [0.15, 0.2) is 30.3 Å². The molecule has 0 radical (unpaired) electrons. The van der Waals surface area contributed by atoms with E-state index in [4.69, 9.17) is 21.1 Å². The number of methoxy groups -OCH3 is 2. The first kappa shape index (κ1) is 17.6. The Balaban J connectivity index is 1.86. The zero-order valence-electron chi connectivity index (χ0n) is 14.8. The van der Waals surface area contributed by atoms with Crippen molar-refractivity contribution in [3.8, 4) is 11.5 Å². The van der Waals surface area contributed by atoms with Crippen LogP contribution in [-0.2, 0) is 17.6 Å². The summed E-state index contributed by atoms with van der Waals surface area (Å²) < 4.78 is 10.6. The number of anilines is 1. The molecule has 0 aliphatic carbocycles. The average Bonchev–Trinajstić information content (AvgIpc) is 2.60. The Labute approximate surface area is 153 Å². The third-order valence-electron chi connectivity index (χ3n) is 4.55. The van der Waals surface area contributed by atoms with Crippen molar-refractivity contribution < 1.29 is 14.3 Å². The molecule has 0 saturated carbocycles. The first-order valence-electron chi connectivity index (χ1n) is 8.33. The van der Waals surface area contributed by atoms with Gasteiger partial charge in [-0.05, 0) is 60.7 Å². The number of halogens is 1. The fraction of sp³-hybridized carbons (Fsp3) is 0.350. The minimum Gasteiger partial charge on any atom is -0.493 e. The highest BCUT2D eigenvalue weighted by molar-refractivity contribution is 6.30. The van der Waals surface area contributed by atoms with Crippen LogP contribution in [0.4, 0.5) is 5.69 Å². The number of amides is 1. The van der Waals surface area contributed by atoms with E-state index in [2.05, 4.69) is 0 Å². The van der Waals surface area contributed by atoms with E-state index in [-0.39, 0.29) is 5.91 Å². The van der Waals surface area contributed by atoms with Crippen LogP contribution in [-0.4, -0.2) is 26.7 Å². The molecule has 2 aromatic rings. The normalized spacial score (nSPS) is 13.4. The van der Waals surface area contributed by atoms with E-state index in [0.29, 0.717) is 17.9 Å². The lowest BCUT2D eigenvalue weighted by atomic mass is 9.97. The molecule has 0 N–H and O–H groups in total. The van der Waals surface area contributed by atoms with Crippen molar-refractivity contribution in [1.82, 2.24) is 0 Å². The Kier molecular flexibility index (Phi) is 5.19. The number of aryl methyl sites for hydroxylation is 2. The summed E-state index contributed by atoms with van der Waals surface area (Å²) in [6, 6.07) is 9.48. The molecule has 0 bridgehead atoms. The van der Waals surface area contributed by atoms with Gasteiger partial charge in [0.2, 0.25) is 5.91 Å². The Bertz CT molecular complexity index is 804. The van der Waals surface area contributed by atoms with E-state index in [0.717, 1.165) is 46.8 Å². The van der Waals surface area contributed by atoms with Gasteiger partial charge in [0.15, 0.2) is 11.5 Å². The number of carbonyl (C=O) groups excluding carboxylic acids is 1. The molecule has 5 heteroatoms. The summed E-state index contributed by atoms with van der Waals surface area (Å²) in [4.78, 5) is 14.8. The van der Waals surface area contributed by atoms with E-state index < -0.39 is 0 Å². The average molecular weight is 360 g/mol. The van der Waals surface area contributed by atoms with E-state index in [1.807, 2.05) is 42.2 Å². The molecule has 0 saturated heterocycles. The standard InChI is InChI=1S/C20H22ClNO3/c1-13-9-16(21)12-15-5-4-8-22(20(13)15)19(23)11-14-6-7-17(24-2)18(10-14)25-3/h6-7,9-10,12H,4-5,8,11H2,1-3H3. The number of benzene rings is 2. The second kappa shape index (κ2) is 7.36. The number of nitrogens with zero attached hydrogens (tertiary/aromatic N) is 1. The highest BCUT2D eigenvalue weighted by Crippen LogP contribution is 2.34. The Morgan fingerprint density at radius 3 is 2.64 bits per heavy atom. The molecule has 1 aliphatic rings. The molecular formula is C20H22ClNO3. The van der Waals surface area contributed by atoms with Crippen molar-refractivity contribution in [2.24, 2.45) is 0 Å². The van der Waals surface area contributed by atoms with Crippen LogP contribution in [0.2, 0.25) is 5.02 Å². The minimum absolute atomic E-state index is 0.0820. The van der Waals surface area contributed by atoms with Crippen LogP contribution in [0, 0.1) is 6.92 Å². The van der Waals surface area contributed by atoms with Crippen molar-refractivity contribution in [3.63, 3.8) is 0 Å². The van der Waals surface area contributed by atoms with E-state index >= 15 is 0 Å². The number of rotatable bonds is 4. The highest BCUT2D eigenvalue weighted by atomic mass is 35.5. The SMILES string of the molecule is COc1ccc(CC(=O)N2CCCc3cc(Cl)cc(C)c32)cc1OC. The molecule has 132 valence electrons. The molecule has 3 rings (SSSR count). The monoisotopic (exact) mass is 359 g/mol. The second-order valence-corrected chi connectivity index (χ2v) is 6.68. The number of hydrogen-bond acceptors (Lipinski definition) is 3. The smallest absolute Gasteiger partial charge is 0.231 e. The van der Waals surface area contributed by atoms with Gasteiger partial charge in [-0.15, -0.1) is 0 Å². The number of fused-ring (bicyclic) bond motifs is 1. The fourth-order valence-electron chi connectivity index (χ4n) is 3.43. The summed E-state index contributed by atoms with van der Waals surface area (Å²) in [5.74, 6) is 1.38. The first-order valence-corrected chi connectivity index (χ1v) is 8.71. The summed E-state index contributed by atoms with van der Waals surface area (Å²) >= 11 is 6.17. The minimum atomic E-state index is 0.0820. The largest absolute Gasteiger partial charge is 0.493 e. The Morgan fingerprint density at radius 2 is 1.92 bits per heavy atom. The van der Waals surface area contributed by atoms with E-state index in [1.165, 1.54) is 0 Å². The number of ether oxygens (including phenoxy) is 2. The van der Waals surface area contributed by atoms with Gasteiger partial charge in [-0.25, -0.2) is 0 Å². The summed E-state index contributed by atoms with van der Waals surface area (Å²) in [5.41, 5.74) is 4.11. The molecule has 1 aliphatic heterocycles. The lowest BCUT2D eigenvalue weighted by molar-refractivity contribution is -0.118. The zero-order valence-corrected chi connectivity index (χ0v) is 15.5. The van der Waals surface area contributed by atoms with Crippen molar-refractivity contribution >= 4 is 23.2 Å². The van der Waals surface area contributed by atoms with Crippen LogP contribution >= 0.6 is 11.6 Å². The Hall–Kier alpha value is -2.20. The molecule has 2 aromatic carbocycles. The molecular weight excluding hydrogens is 338 g/mol. The predicted octanol–water partition coefficient (Wildman–Crippen LogP) is 4.19. The van der Waals surface area contributed by atoms with Gasteiger partial charge in [0, 0.05) is 17.3 Å².